The summed E-state index contributed by atoms with van der Waals surface area (Å²) in [6, 6.07) is 3.35. The number of nitrogens with one attached hydrogen (secondary N) is 1. The number of pyridine rings is 1. The van der Waals surface area contributed by atoms with Crippen molar-refractivity contribution < 1.29 is 4.21 Å². The molecule has 0 aliphatic rings. The topological polar surface area (TPSA) is 65.8 Å². The Morgan fingerprint density at radius 2 is 2.38 bits per heavy atom. The van der Waals surface area contributed by atoms with Gasteiger partial charge >= 0.3 is 0 Å². The van der Waals surface area contributed by atoms with Crippen LogP contribution in [0.3, 0.4) is 0 Å². The van der Waals surface area contributed by atoms with Gasteiger partial charge in [-0.2, -0.15) is 5.26 Å². The van der Waals surface area contributed by atoms with Crippen molar-refractivity contribution in [1.29, 1.82) is 5.26 Å². The Labute approximate surface area is 85.7 Å². The summed E-state index contributed by atoms with van der Waals surface area (Å²) in [5.41, 5.74) is 0. The Balaban J connectivity index is 3.03. The summed E-state index contributed by atoms with van der Waals surface area (Å²) in [5.74, 6) is 0. The molecule has 0 radical (unpaired) electrons. The second-order valence-electron chi connectivity index (χ2n) is 2.48. The van der Waals surface area contributed by atoms with E-state index < -0.39 is 10.1 Å². The van der Waals surface area contributed by atoms with Crippen LogP contribution in [0.2, 0.25) is 0 Å². The van der Waals surface area contributed by atoms with Crippen LogP contribution >= 0.6 is 15.9 Å². The van der Waals surface area contributed by atoms with E-state index in [0.29, 0.717) is 5.03 Å². The summed E-state index contributed by atoms with van der Waals surface area (Å²) >= 11 is 3.21. The van der Waals surface area contributed by atoms with Gasteiger partial charge in [-0.15, -0.1) is 0 Å². The number of thiol groups is 1. The van der Waals surface area contributed by atoms with Crippen LogP contribution in [0.15, 0.2) is 27.8 Å². The van der Waals surface area contributed by atoms with E-state index in [1.807, 2.05) is 0 Å². The summed E-state index contributed by atoms with van der Waals surface area (Å²) in [5, 5.41) is 8.75. The van der Waals surface area contributed by atoms with Gasteiger partial charge in [0.25, 0.3) is 0 Å². The van der Waals surface area contributed by atoms with Crippen molar-refractivity contribution in [2.75, 3.05) is 6.26 Å². The number of aromatic nitrogens is 1. The quantitative estimate of drug-likeness (QED) is 0.471. The van der Waals surface area contributed by atoms with Crippen molar-refractivity contribution in [3.05, 3.63) is 22.8 Å². The fourth-order valence-electron chi connectivity index (χ4n) is 0.773. The van der Waals surface area contributed by atoms with Crippen LogP contribution in [0.25, 0.3) is 0 Å². The molecular formula is C7H8BrN3OS. The monoisotopic (exact) mass is 261 g/mol. The fourth-order valence-corrected chi connectivity index (χ4v) is 1.95. The number of rotatable bonds is 2. The molecule has 0 spiro atoms. The molecule has 0 amide bonds. The molecule has 13 heavy (non-hydrogen) atoms. The zero-order valence-electron chi connectivity index (χ0n) is 6.86. The van der Waals surface area contributed by atoms with Crippen LogP contribution in [0.1, 0.15) is 0 Å². The van der Waals surface area contributed by atoms with E-state index in [4.69, 9.17) is 5.26 Å². The molecule has 0 unspecified atom stereocenters. The summed E-state index contributed by atoms with van der Waals surface area (Å²) < 4.78 is 14.8. The van der Waals surface area contributed by atoms with Crippen LogP contribution in [0.5, 0.6) is 0 Å². The largest absolute Gasteiger partial charge is 0.260 e. The first-order valence-corrected chi connectivity index (χ1v) is 6.37. The number of hydrogen-bond acceptors (Lipinski definition) is 3. The highest BCUT2D eigenvalue weighted by atomic mass is 79.9. The van der Waals surface area contributed by atoms with Crippen molar-refractivity contribution in [3.8, 4) is 6.19 Å². The molecule has 0 saturated carbocycles. The standard InChI is InChI=1S/C7H8BrN3OS/c1-13(12,11-5-9)7-3-2-6(8)4-10-7/h2-4,13H,1H3,(H,11,12). The Hall–Kier alpha value is -0.930. The van der Waals surface area contributed by atoms with E-state index >= 15 is 0 Å². The van der Waals surface area contributed by atoms with E-state index in [1.54, 1.807) is 24.5 Å². The van der Waals surface area contributed by atoms with Gasteiger partial charge in [0.05, 0.1) is 0 Å². The molecule has 0 aliphatic carbocycles. The van der Waals surface area contributed by atoms with Gasteiger partial charge in [0.2, 0.25) is 0 Å². The summed E-state index contributed by atoms with van der Waals surface area (Å²) in [7, 11) is -2.81. The summed E-state index contributed by atoms with van der Waals surface area (Å²) in [6.45, 7) is 0. The normalized spacial score (nSPS) is 11.8. The first kappa shape index (κ1) is 10.2. The zero-order valence-corrected chi connectivity index (χ0v) is 9.34. The predicted octanol–water partition coefficient (Wildman–Crippen LogP) is 0.835. The molecule has 1 rings (SSSR count). The first-order valence-electron chi connectivity index (χ1n) is 3.42. The molecule has 0 fully saturated rings. The van der Waals surface area contributed by atoms with Gasteiger partial charge in [-0.05, 0) is 28.1 Å². The van der Waals surface area contributed by atoms with E-state index in [1.165, 1.54) is 6.26 Å². The van der Waals surface area contributed by atoms with Gasteiger partial charge in [0, 0.05) is 27.0 Å². The molecule has 1 aromatic heterocycles. The van der Waals surface area contributed by atoms with Crippen molar-refractivity contribution in [3.63, 3.8) is 0 Å². The van der Waals surface area contributed by atoms with Gasteiger partial charge in [0.1, 0.15) is 5.03 Å². The van der Waals surface area contributed by atoms with Crippen LogP contribution < -0.4 is 4.72 Å². The van der Waals surface area contributed by atoms with E-state index in [9.17, 15) is 4.21 Å². The lowest BCUT2D eigenvalue weighted by atomic mass is 10.5. The molecule has 0 aromatic carbocycles. The smallest absolute Gasteiger partial charge is 0.188 e. The fraction of sp³-hybridized carbons (Fsp3) is 0.143. The van der Waals surface area contributed by atoms with Crippen molar-refractivity contribution in [2.45, 2.75) is 5.03 Å². The molecule has 0 saturated heterocycles. The Kier molecular flexibility index (Phi) is 3.01. The molecule has 1 N–H and O–H groups in total. The van der Waals surface area contributed by atoms with Gasteiger partial charge in [0.15, 0.2) is 6.19 Å². The molecule has 1 heterocycles. The van der Waals surface area contributed by atoms with Crippen molar-refractivity contribution in [2.24, 2.45) is 0 Å². The predicted molar refractivity (Wildman–Crippen MR) is 54.4 cm³/mol. The summed E-state index contributed by atoms with van der Waals surface area (Å²) in [4.78, 5) is 3.94. The van der Waals surface area contributed by atoms with Crippen molar-refractivity contribution >= 4 is 26.0 Å². The Morgan fingerprint density at radius 3 is 2.85 bits per heavy atom. The van der Waals surface area contributed by atoms with Crippen LogP contribution in [-0.2, 0) is 10.1 Å². The third-order valence-electron chi connectivity index (χ3n) is 1.41. The average Bonchev–Trinajstić information content (AvgIpc) is 2.05. The van der Waals surface area contributed by atoms with Gasteiger partial charge < -0.3 is 0 Å². The minimum atomic E-state index is -2.81. The highest BCUT2D eigenvalue weighted by molar-refractivity contribution is 9.10. The maximum Gasteiger partial charge on any atom is 0.188 e. The van der Waals surface area contributed by atoms with E-state index in [0.717, 1.165) is 4.47 Å². The minimum Gasteiger partial charge on any atom is -0.260 e. The Morgan fingerprint density at radius 1 is 1.69 bits per heavy atom. The molecule has 4 nitrogen and oxygen atoms in total. The third kappa shape index (κ3) is 2.50. The van der Waals surface area contributed by atoms with Crippen LogP contribution in [0.4, 0.5) is 0 Å². The number of nitriles is 1. The molecule has 70 valence electrons. The molecule has 6 heteroatoms. The number of halogens is 1. The molecule has 1 aromatic rings. The van der Waals surface area contributed by atoms with Gasteiger partial charge in [-0.3, -0.25) is 8.93 Å². The van der Waals surface area contributed by atoms with Gasteiger partial charge in [-0.1, -0.05) is 0 Å². The van der Waals surface area contributed by atoms with Crippen LogP contribution in [0, 0.1) is 11.5 Å². The lowest BCUT2D eigenvalue weighted by Crippen LogP contribution is -2.26. The number of hydrogen-bond donors (Lipinski definition) is 2. The average molecular weight is 262 g/mol. The molecular weight excluding hydrogens is 254 g/mol. The van der Waals surface area contributed by atoms with Crippen LogP contribution in [-0.4, -0.2) is 15.4 Å². The lowest BCUT2D eigenvalue weighted by molar-refractivity contribution is 0.667. The zero-order chi connectivity index (χ0) is 9.90. The maximum atomic E-state index is 11.7. The minimum absolute atomic E-state index is 0.400. The molecule has 0 atom stereocenters. The molecule has 0 bridgehead atoms. The van der Waals surface area contributed by atoms with E-state index in [2.05, 4.69) is 25.6 Å². The highest BCUT2D eigenvalue weighted by Gasteiger charge is 2.10. The number of nitrogens with zero attached hydrogens (tertiary/aromatic N) is 2. The lowest BCUT2D eigenvalue weighted by Gasteiger charge is -2.15. The second-order valence-corrected chi connectivity index (χ2v) is 5.93. The third-order valence-corrected chi connectivity index (χ3v) is 3.55. The summed E-state index contributed by atoms with van der Waals surface area (Å²) in [6.07, 6.45) is 4.67. The first-order chi connectivity index (χ1) is 6.06. The van der Waals surface area contributed by atoms with Crippen molar-refractivity contribution in [1.82, 2.24) is 9.71 Å². The molecule has 0 aliphatic heterocycles. The highest BCUT2D eigenvalue weighted by Crippen LogP contribution is 2.13. The van der Waals surface area contributed by atoms with Gasteiger partial charge in [-0.25, -0.2) is 4.98 Å². The van der Waals surface area contributed by atoms with E-state index in [-0.39, 0.29) is 0 Å². The second kappa shape index (κ2) is 3.85. The maximum absolute atomic E-state index is 11.7. The Bertz CT molecular complexity index is 384. The SMILES string of the molecule is C[SH](=O)(NC#N)c1ccc(Br)cn1.